The Balaban J connectivity index is 2.24. The van der Waals surface area contributed by atoms with Crippen molar-refractivity contribution in [1.29, 1.82) is 0 Å². The SMILES string of the molecule is CC[C@H]1OC(=O)[C@H](C)[C@@H](O[C@H]2C[C@@](C)(OC)[C@@H](O)[C@H](C)O2)[C@H](C)[C@@H](O[C@@H]2O[C@H](C)C[C@H](N(C)C)[C@H]2O)[C@](C)(O)C[C@@H](C)/C(=N\OCOCCOC)[C@H](C)[C@@H](O)[C@@]1(O)CO. The third-order valence-electron chi connectivity index (χ3n) is 12.7. The van der Waals surface area contributed by atoms with Crippen LogP contribution in [0.5, 0.6) is 0 Å². The lowest BCUT2D eigenvalue weighted by Crippen LogP contribution is -2.62. The second kappa shape index (κ2) is 22.1. The lowest BCUT2D eigenvalue weighted by atomic mass is 9.73. The number of aliphatic hydroxyl groups excluding tert-OH is 4. The molecule has 346 valence electrons. The minimum Gasteiger partial charge on any atom is -0.459 e. The maximum atomic E-state index is 14.4. The van der Waals surface area contributed by atoms with Crippen molar-refractivity contribution in [1.82, 2.24) is 4.90 Å². The van der Waals surface area contributed by atoms with Crippen molar-refractivity contribution in [3.8, 4) is 0 Å². The molecule has 0 saturated carbocycles. The van der Waals surface area contributed by atoms with E-state index in [1.165, 1.54) is 14.2 Å². The largest absolute Gasteiger partial charge is 0.459 e. The number of cyclic esters (lactones) is 1. The van der Waals surface area contributed by atoms with Crippen molar-refractivity contribution in [3.63, 3.8) is 0 Å². The van der Waals surface area contributed by atoms with Crippen molar-refractivity contribution in [2.24, 2.45) is 28.8 Å². The van der Waals surface area contributed by atoms with E-state index in [0.29, 0.717) is 13.0 Å². The molecule has 59 heavy (non-hydrogen) atoms. The first-order valence-corrected chi connectivity index (χ1v) is 20.9. The summed E-state index contributed by atoms with van der Waals surface area (Å²) < 4.78 is 48.0. The van der Waals surface area contributed by atoms with Crippen molar-refractivity contribution in [2.45, 2.75) is 172 Å². The number of carbonyl (C=O) groups is 1. The van der Waals surface area contributed by atoms with E-state index in [2.05, 4.69) is 5.16 Å². The molecule has 0 radical (unpaired) electrons. The number of aliphatic hydroxyl groups is 6. The highest BCUT2D eigenvalue weighted by atomic mass is 16.7. The van der Waals surface area contributed by atoms with Crippen LogP contribution >= 0.6 is 0 Å². The Bertz CT molecular complexity index is 1330. The van der Waals surface area contributed by atoms with Crippen LogP contribution in [0.3, 0.4) is 0 Å². The van der Waals surface area contributed by atoms with Crippen LogP contribution in [0.4, 0.5) is 0 Å². The summed E-state index contributed by atoms with van der Waals surface area (Å²) in [4.78, 5) is 21.8. The van der Waals surface area contributed by atoms with Gasteiger partial charge in [0.2, 0.25) is 6.79 Å². The Morgan fingerprint density at radius 2 is 1.58 bits per heavy atom. The number of carbonyl (C=O) groups excluding carboxylic acids is 1. The van der Waals surface area contributed by atoms with Gasteiger partial charge in [0.1, 0.15) is 18.3 Å². The molecule has 0 spiro atoms. The van der Waals surface area contributed by atoms with E-state index in [9.17, 15) is 35.4 Å². The number of esters is 1. The van der Waals surface area contributed by atoms with Crippen LogP contribution in [0, 0.1) is 23.7 Å². The molecule has 3 saturated heterocycles. The van der Waals surface area contributed by atoms with E-state index >= 15 is 0 Å². The Morgan fingerprint density at radius 1 is 0.915 bits per heavy atom. The summed E-state index contributed by atoms with van der Waals surface area (Å²) in [5.41, 5.74) is -5.08. The van der Waals surface area contributed by atoms with Crippen LogP contribution in [0.2, 0.25) is 0 Å². The van der Waals surface area contributed by atoms with Crippen LogP contribution in [0.1, 0.15) is 88.0 Å². The average Bonchev–Trinajstić information content (AvgIpc) is 3.18. The van der Waals surface area contributed by atoms with E-state index in [1.807, 2.05) is 25.9 Å². The molecule has 0 amide bonds. The molecule has 0 aliphatic carbocycles. The van der Waals surface area contributed by atoms with Gasteiger partial charge in [-0.2, -0.15) is 0 Å². The maximum absolute atomic E-state index is 14.4. The van der Waals surface area contributed by atoms with Gasteiger partial charge in [-0.15, -0.1) is 0 Å². The van der Waals surface area contributed by atoms with Crippen LogP contribution in [-0.2, 0) is 47.5 Å². The van der Waals surface area contributed by atoms with Crippen molar-refractivity contribution >= 4 is 11.7 Å². The molecule has 0 aromatic heterocycles. The summed E-state index contributed by atoms with van der Waals surface area (Å²) in [6.07, 6.45) is -10.5. The highest BCUT2D eigenvalue weighted by Crippen LogP contribution is 2.41. The molecule has 3 aliphatic rings. The fraction of sp³-hybridized carbons (Fsp3) is 0.951. The lowest BCUT2D eigenvalue weighted by molar-refractivity contribution is -0.318. The van der Waals surface area contributed by atoms with Crippen LogP contribution in [0.25, 0.3) is 0 Å². The second-order valence-electron chi connectivity index (χ2n) is 17.7. The van der Waals surface area contributed by atoms with Gasteiger partial charge in [-0.3, -0.25) is 4.79 Å². The number of methoxy groups -OCH3 is 2. The molecule has 6 N–H and O–H groups in total. The first kappa shape index (κ1) is 51.7. The van der Waals surface area contributed by atoms with Crippen molar-refractivity contribution in [3.05, 3.63) is 0 Å². The smallest absolute Gasteiger partial charge is 0.311 e. The molecule has 0 aromatic rings. The monoisotopic (exact) mass is 853 g/mol. The molecular weight excluding hydrogens is 776 g/mol. The van der Waals surface area contributed by atoms with Gasteiger partial charge in [-0.05, 0) is 68.0 Å². The fourth-order valence-corrected chi connectivity index (χ4v) is 8.98. The number of hydrogen-bond acceptors (Lipinski definition) is 18. The van der Waals surface area contributed by atoms with E-state index < -0.39 is 108 Å². The third kappa shape index (κ3) is 12.3. The summed E-state index contributed by atoms with van der Waals surface area (Å²) in [5.74, 6) is -4.61. The Hall–Kier alpha value is -1.62. The van der Waals surface area contributed by atoms with Crippen molar-refractivity contribution < 1.29 is 78.2 Å². The molecule has 0 aromatic carbocycles. The van der Waals surface area contributed by atoms with Gasteiger partial charge in [0.25, 0.3) is 0 Å². The van der Waals surface area contributed by atoms with Gasteiger partial charge in [0.05, 0.1) is 73.2 Å². The summed E-state index contributed by atoms with van der Waals surface area (Å²) in [6, 6.07) is -0.349. The number of rotatable bonds is 14. The topological polar surface area (TPSA) is 237 Å². The van der Waals surface area contributed by atoms with E-state index in [1.54, 1.807) is 55.4 Å². The summed E-state index contributed by atoms with van der Waals surface area (Å²) >= 11 is 0. The van der Waals surface area contributed by atoms with Crippen molar-refractivity contribution in [2.75, 3.05) is 54.9 Å². The Labute approximate surface area is 350 Å². The molecule has 3 aliphatic heterocycles. The highest BCUT2D eigenvalue weighted by Gasteiger charge is 2.54. The zero-order valence-electron chi connectivity index (χ0n) is 37.5. The van der Waals surface area contributed by atoms with Crippen LogP contribution in [0.15, 0.2) is 5.16 Å². The Kier molecular flexibility index (Phi) is 19.4. The van der Waals surface area contributed by atoms with Gasteiger partial charge in [0, 0.05) is 44.4 Å². The number of oxime groups is 1. The minimum atomic E-state index is -2.37. The van der Waals surface area contributed by atoms with E-state index in [4.69, 9.17) is 42.7 Å². The summed E-state index contributed by atoms with van der Waals surface area (Å²) in [7, 11) is 6.70. The first-order chi connectivity index (χ1) is 27.5. The predicted octanol–water partition coefficient (Wildman–Crippen LogP) is 1.18. The fourth-order valence-electron chi connectivity index (χ4n) is 8.98. The molecule has 3 heterocycles. The van der Waals surface area contributed by atoms with Crippen LogP contribution in [-0.4, -0.2) is 186 Å². The number of ether oxygens (including phenoxy) is 8. The maximum Gasteiger partial charge on any atom is 0.311 e. The zero-order chi connectivity index (χ0) is 44.6. The van der Waals surface area contributed by atoms with Crippen LogP contribution < -0.4 is 0 Å². The molecule has 18 heteroatoms. The first-order valence-electron chi connectivity index (χ1n) is 20.9. The lowest BCUT2D eigenvalue weighted by Gasteiger charge is -2.49. The molecule has 3 fully saturated rings. The molecule has 0 bridgehead atoms. The standard InChI is InChI=1S/C41H76N2O16/c1-14-29-41(50,20-44)34(46)24(4)31(42-54-21-53-16-15-51-12)22(2)18-39(8,49)36(59-38-32(45)28(43(10)11)17-23(3)55-38)25(5)33(26(6)37(48)57-29)58-30-19-40(9,52-13)35(47)27(7)56-30/h22-30,32-36,38,44-47,49-50H,14-21H2,1-13H3/b42-31+/t22-,23-,24+,25+,26-,27+,28+,29-,30+,32-,33+,34-,35+,36-,38+,39-,40-,41-/m1/s1. The third-order valence-corrected chi connectivity index (χ3v) is 12.7. The molecule has 18 nitrogen and oxygen atoms in total. The molecular formula is C41H76N2O16. The van der Waals surface area contributed by atoms with Gasteiger partial charge in [-0.1, -0.05) is 32.9 Å². The number of likely N-dealkylation sites (N-methyl/N-ethyl adjacent to an activating group) is 1. The predicted molar refractivity (Wildman–Crippen MR) is 214 cm³/mol. The number of hydrogen-bond donors (Lipinski definition) is 6. The Morgan fingerprint density at radius 3 is 2.15 bits per heavy atom. The molecule has 18 atom stereocenters. The zero-order valence-corrected chi connectivity index (χ0v) is 37.5. The van der Waals surface area contributed by atoms with E-state index in [-0.39, 0.29) is 50.5 Å². The average molecular weight is 853 g/mol. The normalized spacial score (nSPS) is 45.3. The molecule has 3 rings (SSSR count). The number of nitrogens with zero attached hydrogens (tertiary/aromatic N) is 2. The van der Waals surface area contributed by atoms with E-state index in [0.717, 1.165) is 0 Å². The second-order valence-corrected chi connectivity index (χ2v) is 17.7. The highest BCUT2D eigenvalue weighted by molar-refractivity contribution is 5.88. The quantitative estimate of drug-likeness (QED) is 0.0623. The summed E-state index contributed by atoms with van der Waals surface area (Å²) in [5, 5.41) is 74.3. The van der Waals surface area contributed by atoms with Gasteiger partial charge in [0.15, 0.2) is 18.2 Å². The summed E-state index contributed by atoms with van der Waals surface area (Å²) in [6.45, 7) is 14.4. The van der Waals surface area contributed by atoms with Gasteiger partial charge in [-0.25, -0.2) is 0 Å². The molecule has 0 unspecified atom stereocenters. The minimum absolute atomic E-state index is 0.00214. The van der Waals surface area contributed by atoms with Gasteiger partial charge >= 0.3 is 5.97 Å². The van der Waals surface area contributed by atoms with Gasteiger partial charge < -0.3 is 78.3 Å².